The summed E-state index contributed by atoms with van der Waals surface area (Å²) < 4.78 is 46.0. The molecule has 3 aromatic carbocycles. The lowest BCUT2D eigenvalue weighted by Gasteiger charge is -2.46. The van der Waals surface area contributed by atoms with E-state index in [0.717, 1.165) is 18.2 Å². The van der Waals surface area contributed by atoms with Gasteiger partial charge in [-0.05, 0) is 48.0 Å². The number of phenolic OH excluding ortho intramolecular Hbond substituents is 3. The van der Waals surface area contributed by atoms with Gasteiger partial charge < -0.3 is 104 Å². The normalized spacial score (nSPS) is 32.9. The number of aliphatic hydroxyl groups excluding tert-OH is 10. The van der Waals surface area contributed by atoms with Crippen molar-refractivity contribution in [2.75, 3.05) is 19.8 Å². The summed E-state index contributed by atoms with van der Waals surface area (Å²) in [5.74, 6) is -3.71. The molecule has 0 radical (unpaired) electrons. The third-order valence-corrected chi connectivity index (χ3v) is 10.9. The predicted molar refractivity (Wildman–Crippen MR) is 214 cm³/mol. The Morgan fingerprint density at radius 1 is 0.615 bits per heavy atom. The fourth-order valence-corrected chi connectivity index (χ4v) is 7.32. The van der Waals surface area contributed by atoms with Crippen molar-refractivity contribution in [1.29, 1.82) is 0 Å². The number of carbonyl (C=O) groups is 1. The molecule has 0 aliphatic carbocycles. The number of esters is 1. The number of hydrogen-bond donors (Lipinski definition) is 13. The van der Waals surface area contributed by atoms with Crippen molar-refractivity contribution >= 4 is 23.0 Å². The summed E-state index contributed by atoms with van der Waals surface area (Å²) in [5, 5.41) is 135. The van der Waals surface area contributed by atoms with Crippen molar-refractivity contribution in [2.24, 2.45) is 0 Å². The van der Waals surface area contributed by atoms with E-state index in [1.165, 1.54) is 54.6 Å². The van der Waals surface area contributed by atoms with Crippen LogP contribution in [-0.2, 0) is 28.5 Å². The Morgan fingerprint density at radius 2 is 1.15 bits per heavy atom. The minimum Gasteiger partial charge on any atom is -0.508 e. The van der Waals surface area contributed by atoms with Crippen molar-refractivity contribution < 1.29 is 109 Å². The maximum absolute atomic E-state index is 14.5. The highest BCUT2D eigenvalue weighted by molar-refractivity contribution is 5.88. The smallest absolute Gasteiger partial charge is 0.331 e. The molecule has 0 saturated carbocycles. The first-order chi connectivity index (χ1) is 31.0. The highest BCUT2D eigenvalue weighted by Gasteiger charge is 2.53. The highest BCUT2D eigenvalue weighted by atomic mass is 16.8. The molecule has 13 N–H and O–H groups in total. The minimum atomic E-state index is -2.10. The second-order valence-electron chi connectivity index (χ2n) is 15.2. The van der Waals surface area contributed by atoms with Crippen LogP contribution in [0.15, 0.2) is 76.0 Å². The zero-order chi connectivity index (χ0) is 46.9. The summed E-state index contributed by atoms with van der Waals surface area (Å²) in [6.07, 6.45) is -25.4. The van der Waals surface area contributed by atoms with Crippen LogP contribution in [-0.4, -0.2) is 184 Å². The molecule has 1 aromatic heterocycles. The van der Waals surface area contributed by atoms with Crippen molar-refractivity contribution in [3.05, 3.63) is 82.5 Å². The van der Waals surface area contributed by atoms with E-state index < -0.39 is 152 Å². The number of rotatable bonds is 13. The van der Waals surface area contributed by atoms with Crippen molar-refractivity contribution in [3.63, 3.8) is 0 Å². The van der Waals surface area contributed by atoms with E-state index in [-0.39, 0.29) is 22.8 Å². The first kappa shape index (κ1) is 47.5. The molecule has 3 aliphatic rings. The van der Waals surface area contributed by atoms with Gasteiger partial charge in [-0.25, -0.2) is 4.79 Å². The van der Waals surface area contributed by atoms with Crippen LogP contribution in [0.25, 0.3) is 28.4 Å². The van der Waals surface area contributed by atoms with Crippen LogP contribution in [0.1, 0.15) is 5.56 Å². The molecule has 3 saturated heterocycles. The van der Waals surface area contributed by atoms with E-state index in [1.807, 2.05) is 0 Å². The van der Waals surface area contributed by atoms with Gasteiger partial charge in [0.2, 0.25) is 23.8 Å². The standard InChI is InChI=1S/C42H46O23/c43-13-23-28(50)32(54)35(57)40(60-23)58-20-11-21(48)27-22(12-20)59-36(17-4-8-19(47)9-5-17)37(31(27)53)64-42-39(34(56)30(52)25(15-45)62-42)65-41-38(33(55)29(51)24(14-44)61-41)63-26(49)10-3-16-1-6-18(46)7-2-16/h1-12,23-25,28-30,32-35,38-48,50-52,54-57H,13-15H2/t23-,24-,25-,28-,29-,30-,32+,33+,34+,35-,38-,39-,40-,41+,42+/m1/s1. The van der Waals surface area contributed by atoms with Gasteiger partial charge >= 0.3 is 5.97 Å². The Bertz CT molecular complexity index is 2350. The minimum absolute atomic E-state index is 0.0370. The maximum atomic E-state index is 14.5. The van der Waals surface area contributed by atoms with E-state index in [4.69, 9.17) is 37.6 Å². The first-order valence-corrected chi connectivity index (χ1v) is 19.9. The van der Waals surface area contributed by atoms with Crippen LogP contribution in [0.2, 0.25) is 0 Å². The fraction of sp³-hybridized carbons (Fsp3) is 0.429. The van der Waals surface area contributed by atoms with Gasteiger partial charge in [-0.3, -0.25) is 4.79 Å². The van der Waals surface area contributed by atoms with E-state index in [0.29, 0.717) is 5.56 Å². The molecule has 4 heterocycles. The maximum Gasteiger partial charge on any atom is 0.331 e. The highest BCUT2D eigenvalue weighted by Crippen LogP contribution is 2.39. The molecule has 0 spiro atoms. The van der Waals surface area contributed by atoms with Gasteiger partial charge in [0.15, 0.2) is 24.3 Å². The molecule has 23 nitrogen and oxygen atoms in total. The number of aromatic hydroxyl groups is 3. The van der Waals surface area contributed by atoms with Crippen molar-refractivity contribution in [1.82, 2.24) is 0 Å². The Kier molecular flexibility index (Phi) is 14.6. The summed E-state index contributed by atoms with van der Waals surface area (Å²) in [6, 6.07) is 12.6. The van der Waals surface area contributed by atoms with Gasteiger partial charge in [0.1, 0.15) is 95.0 Å². The fourth-order valence-electron chi connectivity index (χ4n) is 7.32. The van der Waals surface area contributed by atoms with Crippen LogP contribution in [0.4, 0.5) is 0 Å². The van der Waals surface area contributed by atoms with E-state index in [1.54, 1.807) is 0 Å². The first-order valence-electron chi connectivity index (χ1n) is 19.9. The summed E-state index contributed by atoms with van der Waals surface area (Å²) in [5.41, 5.74) is -1.04. The Labute approximate surface area is 365 Å². The zero-order valence-electron chi connectivity index (χ0n) is 33.6. The number of benzene rings is 3. The number of phenols is 3. The number of fused-ring (bicyclic) bond motifs is 1. The number of carbonyl (C=O) groups excluding carboxylic acids is 1. The molecular formula is C42H46O23. The molecule has 23 heteroatoms. The second-order valence-corrected chi connectivity index (χ2v) is 15.2. The summed E-state index contributed by atoms with van der Waals surface area (Å²) >= 11 is 0. The van der Waals surface area contributed by atoms with Crippen molar-refractivity contribution in [2.45, 2.75) is 92.1 Å². The Balaban J connectivity index is 1.25. The summed E-state index contributed by atoms with van der Waals surface area (Å²) in [7, 11) is 0. The van der Waals surface area contributed by atoms with Gasteiger partial charge in [-0.1, -0.05) is 12.1 Å². The predicted octanol–water partition coefficient (Wildman–Crippen LogP) is -2.98. The van der Waals surface area contributed by atoms with E-state index in [2.05, 4.69) is 0 Å². The second kappa shape index (κ2) is 19.9. The number of ether oxygens (including phenoxy) is 7. The van der Waals surface area contributed by atoms with Crippen LogP contribution in [0.5, 0.6) is 28.7 Å². The third-order valence-electron chi connectivity index (χ3n) is 10.9. The van der Waals surface area contributed by atoms with Crippen LogP contribution in [0.3, 0.4) is 0 Å². The van der Waals surface area contributed by atoms with Crippen LogP contribution >= 0.6 is 0 Å². The SMILES string of the molecule is O=C(C=Cc1ccc(O)cc1)O[C@H]1[C@H](O[C@H]2[C@H](Oc3c(-c4ccc(O)cc4)oc4cc(O[C@@H]5O[C@H](CO)[C@@H](O)[C@H](O)[C@H]5O)cc(O)c4c3=O)O[C@H](CO)[C@@H](O)[C@@H]2O)O[C@H](CO)[C@@H](O)[C@@H]1O. The Morgan fingerprint density at radius 3 is 1.75 bits per heavy atom. The number of aliphatic hydroxyl groups is 10. The molecular weight excluding hydrogens is 872 g/mol. The largest absolute Gasteiger partial charge is 0.508 e. The van der Waals surface area contributed by atoms with Gasteiger partial charge in [-0.2, -0.15) is 0 Å². The topological polar surface area (TPSA) is 375 Å². The molecule has 0 bridgehead atoms. The average molecular weight is 919 g/mol. The molecule has 3 fully saturated rings. The lowest BCUT2D eigenvalue weighted by molar-refractivity contribution is -0.358. The van der Waals surface area contributed by atoms with Gasteiger partial charge in [0.05, 0.1) is 19.8 Å². The van der Waals surface area contributed by atoms with Crippen LogP contribution in [0, 0.1) is 0 Å². The van der Waals surface area contributed by atoms with Crippen molar-refractivity contribution in [3.8, 4) is 40.1 Å². The molecule has 15 atom stereocenters. The summed E-state index contributed by atoms with van der Waals surface area (Å²) in [4.78, 5) is 27.5. The summed E-state index contributed by atoms with van der Waals surface area (Å²) in [6.45, 7) is -2.63. The van der Waals surface area contributed by atoms with E-state index >= 15 is 0 Å². The monoisotopic (exact) mass is 918 g/mol. The quantitative estimate of drug-likeness (QED) is 0.0470. The van der Waals surface area contributed by atoms with Gasteiger partial charge in [0, 0.05) is 23.8 Å². The Hall–Kier alpha value is -5.48. The molecule has 7 rings (SSSR count). The molecule has 3 aliphatic heterocycles. The molecule has 0 amide bonds. The lowest BCUT2D eigenvalue weighted by atomic mass is 9.97. The van der Waals surface area contributed by atoms with Crippen LogP contribution < -0.4 is 14.9 Å². The number of hydrogen-bond acceptors (Lipinski definition) is 23. The third kappa shape index (κ3) is 9.89. The molecule has 0 unspecified atom stereocenters. The van der Waals surface area contributed by atoms with Gasteiger partial charge in [0.25, 0.3) is 0 Å². The lowest BCUT2D eigenvalue weighted by Crippen LogP contribution is -2.65. The van der Waals surface area contributed by atoms with Gasteiger partial charge in [-0.15, -0.1) is 0 Å². The molecule has 352 valence electrons. The van der Waals surface area contributed by atoms with E-state index in [9.17, 15) is 76.0 Å². The average Bonchev–Trinajstić information content (AvgIpc) is 3.29. The molecule has 4 aromatic rings. The zero-order valence-corrected chi connectivity index (χ0v) is 33.6. The molecule has 65 heavy (non-hydrogen) atoms.